The van der Waals surface area contributed by atoms with Gasteiger partial charge in [0.25, 0.3) is 0 Å². The molecule has 1 nitrogen and oxygen atoms in total. The Morgan fingerprint density at radius 1 is 1.36 bits per heavy atom. The zero-order valence-corrected chi connectivity index (χ0v) is 7.46. The molecule has 0 saturated heterocycles. The lowest BCUT2D eigenvalue weighted by Crippen LogP contribution is -1.77. The lowest BCUT2D eigenvalue weighted by Gasteiger charge is -1.95. The Kier molecular flexibility index (Phi) is 5.09. The summed E-state index contributed by atoms with van der Waals surface area (Å²) >= 11 is 0. The largest absolute Gasteiger partial charge is 0.257 e. The molecule has 0 amide bonds. The van der Waals surface area contributed by atoms with E-state index in [0.29, 0.717) is 0 Å². The number of allylic oxidation sites excluding steroid dienone is 4. The summed E-state index contributed by atoms with van der Waals surface area (Å²) in [5, 5.41) is 0. The molecule has 0 saturated carbocycles. The molecule has 0 unspecified atom stereocenters. The molecule has 0 N–H and O–H groups in total. The lowest BCUT2D eigenvalue weighted by molar-refractivity contribution is 1.30. The Morgan fingerprint density at radius 2 is 2.00 bits per heavy atom. The van der Waals surface area contributed by atoms with Crippen LogP contribution >= 0.6 is 0 Å². The highest BCUT2D eigenvalue weighted by Gasteiger charge is 1.88. The molecule has 60 valence electrons. The normalized spacial score (nSPS) is 13.2. The van der Waals surface area contributed by atoms with E-state index in [9.17, 15) is 0 Å². The third-order valence-electron chi connectivity index (χ3n) is 1.40. The molecule has 0 radical (unpaired) electrons. The predicted molar refractivity (Wildman–Crippen MR) is 51.9 cm³/mol. The molecular weight excluding hydrogens is 134 g/mol. The van der Waals surface area contributed by atoms with Gasteiger partial charge in [-0.3, -0.25) is 4.99 Å². The van der Waals surface area contributed by atoms with E-state index in [1.165, 1.54) is 0 Å². The van der Waals surface area contributed by atoms with Crippen LogP contribution in [0.25, 0.3) is 0 Å². The Balaban J connectivity index is 4.08. The van der Waals surface area contributed by atoms with Gasteiger partial charge in [-0.2, -0.15) is 0 Å². The van der Waals surface area contributed by atoms with E-state index in [1.807, 2.05) is 39.0 Å². The Hall–Kier alpha value is -1.11. The molecular formula is C10H15N. The number of rotatable bonds is 3. The first-order chi connectivity index (χ1) is 5.22. The van der Waals surface area contributed by atoms with Crippen LogP contribution in [-0.4, -0.2) is 6.21 Å². The maximum atomic E-state index is 4.11. The number of hydrogen-bond acceptors (Lipinski definition) is 1. The van der Waals surface area contributed by atoms with Crippen LogP contribution in [0.15, 0.2) is 41.1 Å². The van der Waals surface area contributed by atoms with E-state index < -0.39 is 0 Å². The number of nitrogens with zero attached hydrogens (tertiary/aromatic N) is 1. The summed E-state index contributed by atoms with van der Waals surface area (Å²) in [6.45, 7) is 9.73. The second kappa shape index (κ2) is 5.66. The van der Waals surface area contributed by atoms with Gasteiger partial charge in [0.1, 0.15) is 0 Å². The first-order valence-electron chi connectivity index (χ1n) is 3.70. The second-order valence-electron chi connectivity index (χ2n) is 2.22. The van der Waals surface area contributed by atoms with E-state index in [1.54, 1.807) is 6.21 Å². The Labute approximate surface area is 68.9 Å². The van der Waals surface area contributed by atoms with E-state index in [2.05, 4.69) is 11.6 Å². The van der Waals surface area contributed by atoms with Crippen molar-refractivity contribution in [3.63, 3.8) is 0 Å². The highest BCUT2D eigenvalue weighted by Crippen LogP contribution is 2.05. The third kappa shape index (κ3) is 4.31. The summed E-state index contributed by atoms with van der Waals surface area (Å²) in [7, 11) is 0. The molecule has 0 aliphatic carbocycles. The van der Waals surface area contributed by atoms with Crippen LogP contribution < -0.4 is 0 Å². The quantitative estimate of drug-likeness (QED) is 0.432. The Morgan fingerprint density at radius 3 is 2.45 bits per heavy atom. The van der Waals surface area contributed by atoms with Crippen LogP contribution in [0.4, 0.5) is 0 Å². The Bertz CT molecular complexity index is 207. The van der Waals surface area contributed by atoms with Gasteiger partial charge >= 0.3 is 0 Å². The minimum Gasteiger partial charge on any atom is -0.257 e. The van der Waals surface area contributed by atoms with Crippen LogP contribution in [0, 0.1) is 0 Å². The van der Waals surface area contributed by atoms with Crippen molar-refractivity contribution in [1.82, 2.24) is 0 Å². The van der Waals surface area contributed by atoms with Gasteiger partial charge < -0.3 is 0 Å². The summed E-state index contributed by atoms with van der Waals surface area (Å²) in [6.07, 6.45) is 7.56. The molecule has 0 rings (SSSR count). The zero-order valence-electron chi connectivity index (χ0n) is 7.46. The van der Waals surface area contributed by atoms with Crippen molar-refractivity contribution in [3.8, 4) is 0 Å². The molecule has 0 atom stereocenters. The third-order valence-corrected chi connectivity index (χ3v) is 1.40. The smallest absolute Gasteiger partial charge is 0.0583 e. The first kappa shape index (κ1) is 9.89. The van der Waals surface area contributed by atoms with Crippen molar-refractivity contribution in [2.75, 3.05) is 0 Å². The van der Waals surface area contributed by atoms with E-state index in [0.717, 1.165) is 11.3 Å². The standard InChI is InChI=1S/C10H15N/c1-5-7-8-11-10(4)9(3)6-2/h5-8H,4H2,1-3H3/b7-5-,9-6+,11-8-. The van der Waals surface area contributed by atoms with Crippen molar-refractivity contribution in [1.29, 1.82) is 0 Å². The van der Waals surface area contributed by atoms with Gasteiger partial charge in [0.2, 0.25) is 0 Å². The number of hydrogen-bond donors (Lipinski definition) is 0. The molecule has 0 aliphatic rings. The van der Waals surface area contributed by atoms with Crippen molar-refractivity contribution in [2.24, 2.45) is 4.99 Å². The molecule has 0 aromatic carbocycles. The molecule has 0 heterocycles. The highest BCUT2D eigenvalue weighted by molar-refractivity contribution is 5.72. The van der Waals surface area contributed by atoms with E-state index >= 15 is 0 Å². The fourth-order valence-electron chi connectivity index (χ4n) is 0.488. The van der Waals surface area contributed by atoms with Gasteiger partial charge in [0.05, 0.1) is 5.70 Å². The van der Waals surface area contributed by atoms with Crippen LogP contribution in [-0.2, 0) is 0 Å². The predicted octanol–water partition coefficient (Wildman–Crippen LogP) is 3.11. The van der Waals surface area contributed by atoms with Gasteiger partial charge in [0.15, 0.2) is 0 Å². The highest BCUT2D eigenvalue weighted by atomic mass is 14.7. The monoisotopic (exact) mass is 149 g/mol. The minimum atomic E-state index is 0.825. The van der Waals surface area contributed by atoms with Gasteiger partial charge in [-0.25, -0.2) is 0 Å². The summed E-state index contributed by atoms with van der Waals surface area (Å²) in [6, 6.07) is 0. The van der Waals surface area contributed by atoms with Gasteiger partial charge in [-0.1, -0.05) is 18.7 Å². The van der Waals surface area contributed by atoms with Crippen molar-refractivity contribution < 1.29 is 0 Å². The average Bonchev–Trinajstić information content (AvgIpc) is 2.03. The molecule has 0 aromatic heterocycles. The van der Waals surface area contributed by atoms with Crippen LogP contribution in [0.1, 0.15) is 20.8 Å². The minimum absolute atomic E-state index is 0.825. The summed E-state index contributed by atoms with van der Waals surface area (Å²) in [5.41, 5.74) is 1.94. The maximum Gasteiger partial charge on any atom is 0.0583 e. The molecule has 1 heteroatoms. The van der Waals surface area contributed by atoms with Gasteiger partial charge in [-0.05, 0) is 32.4 Å². The van der Waals surface area contributed by atoms with E-state index in [-0.39, 0.29) is 0 Å². The number of aliphatic imine (C=N–C) groups is 1. The summed E-state index contributed by atoms with van der Waals surface area (Å²) < 4.78 is 0. The fraction of sp³-hybridized carbons (Fsp3) is 0.300. The summed E-state index contributed by atoms with van der Waals surface area (Å²) in [5.74, 6) is 0. The first-order valence-corrected chi connectivity index (χ1v) is 3.70. The van der Waals surface area contributed by atoms with E-state index in [4.69, 9.17) is 0 Å². The van der Waals surface area contributed by atoms with Gasteiger partial charge in [0, 0.05) is 6.21 Å². The molecule has 11 heavy (non-hydrogen) atoms. The molecule has 0 spiro atoms. The zero-order chi connectivity index (χ0) is 8.69. The average molecular weight is 149 g/mol. The van der Waals surface area contributed by atoms with Crippen LogP contribution in [0.2, 0.25) is 0 Å². The lowest BCUT2D eigenvalue weighted by atomic mass is 10.2. The van der Waals surface area contributed by atoms with Gasteiger partial charge in [-0.15, -0.1) is 0 Å². The topological polar surface area (TPSA) is 12.4 Å². The van der Waals surface area contributed by atoms with Crippen molar-refractivity contribution in [2.45, 2.75) is 20.8 Å². The summed E-state index contributed by atoms with van der Waals surface area (Å²) in [4.78, 5) is 4.11. The van der Waals surface area contributed by atoms with Crippen LogP contribution in [0.3, 0.4) is 0 Å². The van der Waals surface area contributed by atoms with Crippen LogP contribution in [0.5, 0.6) is 0 Å². The SMILES string of the molecule is C=C(/N=C\C=C/C)/C(C)=C/C. The van der Waals surface area contributed by atoms with Crippen molar-refractivity contribution >= 4 is 6.21 Å². The molecule has 0 aliphatic heterocycles. The maximum absolute atomic E-state index is 4.11. The molecule has 0 aromatic rings. The molecule has 0 bridgehead atoms. The second-order valence-corrected chi connectivity index (χ2v) is 2.22. The molecule has 0 fully saturated rings. The van der Waals surface area contributed by atoms with Crippen molar-refractivity contribution in [3.05, 3.63) is 36.1 Å². The fourth-order valence-corrected chi connectivity index (χ4v) is 0.488.